The van der Waals surface area contributed by atoms with Gasteiger partial charge in [-0.05, 0) is 42.5 Å². The van der Waals surface area contributed by atoms with Gasteiger partial charge in [0.25, 0.3) is 5.91 Å². The van der Waals surface area contributed by atoms with E-state index in [1.54, 1.807) is 6.07 Å². The zero-order valence-electron chi connectivity index (χ0n) is 14.1. The van der Waals surface area contributed by atoms with E-state index in [1.165, 1.54) is 7.11 Å². The lowest BCUT2D eigenvalue weighted by molar-refractivity contribution is -0.144. The van der Waals surface area contributed by atoms with E-state index in [9.17, 15) is 14.4 Å². The van der Waals surface area contributed by atoms with E-state index in [1.807, 2.05) is 26.8 Å². The van der Waals surface area contributed by atoms with Crippen LogP contribution in [0.15, 0.2) is 12.1 Å². The Bertz CT molecular complexity index is 651. The summed E-state index contributed by atoms with van der Waals surface area (Å²) in [7, 11) is 1.31. The Morgan fingerprint density at radius 1 is 1.30 bits per heavy atom. The number of nitrogens with one attached hydrogen (secondary N) is 1. The number of fused-ring (bicyclic) bond motifs is 1. The number of ether oxygens (including phenoxy) is 1. The number of hydrogen-bond acceptors (Lipinski definition) is 4. The van der Waals surface area contributed by atoms with Crippen LogP contribution in [0.4, 0.5) is 0 Å². The highest BCUT2D eigenvalue weighted by molar-refractivity contribution is 6.06. The summed E-state index contributed by atoms with van der Waals surface area (Å²) in [5.41, 5.74) is 2.77. The van der Waals surface area contributed by atoms with Crippen molar-refractivity contribution in [2.24, 2.45) is 5.92 Å². The molecule has 5 heteroatoms. The van der Waals surface area contributed by atoms with Crippen LogP contribution in [0.5, 0.6) is 0 Å². The number of carbonyl (C=O) groups excluding carboxylic acids is 3. The Labute approximate surface area is 136 Å². The van der Waals surface area contributed by atoms with Crippen molar-refractivity contribution in [1.82, 2.24) is 5.32 Å². The molecule has 0 heterocycles. The number of carbonyl (C=O) groups is 3. The predicted molar refractivity (Wildman–Crippen MR) is 86.6 cm³/mol. The van der Waals surface area contributed by atoms with Crippen LogP contribution in [0.25, 0.3) is 0 Å². The van der Waals surface area contributed by atoms with Gasteiger partial charge in [-0.25, -0.2) is 4.79 Å². The van der Waals surface area contributed by atoms with E-state index in [0.717, 1.165) is 17.5 Å². The number of methoxy groups -OCH3 is 1. The van der Waals surface area contributed by atoms with Crippen LogP contribution in [0.3, 0.4) is 0 Å². The minimum Gasteiger partial charge on any atom is -0.467 e. The molecule has 1 aromatic carbocycles. The summed E-state index contributed by atoms with van der Waals surface area (Å²) in [5, 5.41) is 2.78. The van der Waals surface area contributed by atoms with Gasteiger partial charge in [-0.2, -0.15) is 0 Å². The van der Waals surface area contributed by atoms with Gasteiger partial charge in [0.2, 0.25) is 0 Å². The van der Waals surface area contributed by atoms with Crippen molar-refractivity contribution in [3.63, 3.8) is 0 Å². The zero-order chi connectivity index (χ0) is 17.1. The van der Waals surface area contributed by atoms with Crippen LogP contribution in [0.2, 0.25) is 0 Å². The van der Waals surface area contributed by atoms with E-state index in [0.29, 0.717) is 24.0 Å². The molecule has 0 unspecified atom stereocenters. The number of Topliss-reactive ketones (excluding diaryl/α,β-unsaturated/α-hetero) is 1. The number of aryl methyl sites for hydroxylation is 1. The number of rotatable bonds is 5. The smallest absolute Gasteiger partial charge is 0.328 e. The molecule has 2 rings (SSSR count). The third kappa shape index (κ3) is 3.44. The quantitative estimate of drug-likeness (QED) is 0.847. The van der Waals surface area contributed by atoms with Gasteiger partial charge in [-0.15, -0.1) is 0 Å². The highest BCUT2D eigenvalue weighted by atomic mass is 16.5. The Morgan fingerprint density at radius 2 is 2.00 bits per heavy atom. The fraction of sp³-hybridized carbons (Fsp3) is 0.500. The first-order chi connectivity index (χ1) is 10.9. The standard InChI is InChI=1S/C18H23NO4/c1-5-11(3)16(18(22)23-4)19-17(21)14-9-10(2)8-13-12(14)6-7-15(13)20/h8-9,11,16H,5-7H2,1-4H3,(H,19,21)/t11-,16-/m0/s1. The molecule has 2 atom stereocenters. The van der Waals surface area contributed by atoms with Crippen molar-refractivity contribution in [3.8, 4) is 0 Å². The molecule has 0 spiro atoms. The normalized spacial score (nSPS) is 15.7. The lowest BCUT2D eigenvalue weighted by Gasteiger charge is -2.22. The van der Waals surface area contributed by atoms with Crippen molar-refractivity contribution in [3.05, 3.63) is 34.4 Å². The summed E-state index contributed by atoms with van der Waals surface area (Å²) >= 11 is 0. The van der Waals surface area contributed by atoms with E-state index >= 15 is 0 Å². The zero-order valence-corrected chi connectivity index (χ0v) is 14.1. The number of hydrogen-bond donors (Lipinski definition) is 1. The molecular weight excluding hydrogens is 294 g/mol. The minimum absolute atomic E-state index is 0.0362. The van der Waals surface area contributed by atoms with Crippen LogP contribution in [-0.4, -0.2) is 30.8 Å². The number of esters is 1. The molecule has 1 N–H and O–H groups in total. The average Bonchev–Trinajstić information content (AvgIpc) is 2.91. The van der Waals surface area contributed by atoms with E-state index in [-0.39, 0.29) is 17.6 Å². The van der Waals surface area contributed by atoms with Crippen molar-refractivity contribution < 1.29 is 19.1 Å². The van der Waals surface area contributed by atoms with Crippen molar-refractivity contribution in [2.45, 2.75) is 46.1 Å². The minimum atomic E-state index is -0.689. The van der Waals surface area contributed by atoms with Gasteiger partial charge in [0.1, 0.15) is 6.04 Å². The summed E-state index contributed by atoms with van der Waals surface area (Å²) in [6, 6.07) is 2.91. The second-order valence-electron chi connectivity index (χ2n) is 6.12. The second kappa shape index (κ2) is 6.94. The molecule has 1 aliphatic rings. The summed E-state index contributed by atoms with van der Waals surface area (Å²) < 4.78 is 4.80. The van der Waals surface area contributed by atoms with Gasteiger partial charge in [-0.3, -0.25) is 9.59 Å². The average molecular weight is 317 g/mol. The fourth-order valence-electron chi connectivity index (χ4n) is 2.93. The Morgan fingerprint density at radius 3 is 2.61 bits per heavy atom. The van der Waals surface area contributed by atoms with Crippen LogP contribution >= 0.6 is 0 Å². The number of ketones is 1. The van der Waals surface area contributed by atoms with Gasteiger partial charge in [0.05, 0.1) is 7.11 Å². The Balaban J connectivity index is 2.32. The Kier molecular flexibility index (Phi) is 5.19. The largest absolute Gasteiger partial charge is 0.467 e. The van der Waals surface area contributed by atoms with Crippen LogP contribution < -0.4 is 5.32 Å². The highest BCUT2D eigenvalue weighted by Gasteiger charge is 2.30. The van der Waals surface area contributed by atoms with Gasteiger partial charge < -0.3 is 10.1 Å². The Hall–Kier alpha value is -2.17. The van der Waals surface area contributed by atoms with Gasteiger partial charge >= 0.3 is 5.97 Å². The number of amides is 1. The van der Waals surface area contributed by atoms with Crippen molar-refractivity contribution >= 4 is 17.7 Å². The van der Waals surface area contributed by atoms with E-state index in [4.69, 9.17) is 4.74 Å². The summed E-state index contributed by atoms with van der Waals surface area (Å²) in [4.78, 5) is 36.5. The van der Waals surface area contributed by atoms with Crippen LogP contribution in [0.1, 0.15) is 58.5 Å². The first kappa shape index (κ1) is 17.2. The van der Waals surface area contributed by atoms with Crippen molar-refractivity contribution in [2.75, 3.05) is 7.11 Å². The van der Waals surface area contributed by atoms with Gasteiger partial charge in [-0.1, -0.05) is 20.3 Å². The lowest BCUT2D eigenvalue weighted by Crippen LogP contribution is -2.45. The SMILES string of the molecule is CC[C@H](C)[C@H](NC(=O)c1cc(C)cc2c1CCC2=O)C(=O)OC. The maximum atomic E-state index is 12.7. The fourth-order valence-corrected chi connectivity index (χ4v) is 2.93. The summed E-state index contributed by atoms with van der Waals surface area (Å²) in [5.74, 6) is -0.737. The topological polar surface area (TPSA) is 72.5 Å². The monoisotopic (exact) mass is 317 g/mol. The molecule has 1 amide bonds. The molecule has 0 aromatic heterocycles. The molecule has 124 valence electrons. The second-order valence-corrected chi connectivity index (χ2v) is 6.12. The molecule has 0 radical (unpaired) electrons. The molecular formula is C18H23NO4. The molecule has 0 saturated heterocycles. The highest BCUT2D eigenvalue weighted by Crippen LogP contribution is 2.27. The third-order valence-electron chi connectivity index (χ3n) is 4.50. The molecule has 1 aromatic rings. The summed E-state index contributed by atoms with van der Waals surface area (Å²) in [6.45, 7) is 5.71. The van der Waals surface area contributed by atoms with Gasteiger partial charge in [0.15, 0.2) is 5.78 Å². The molecule has 23 heavy (non-hydrogen) atoms. The molecule has 0 aliphatic heterocycles. The third-order valence-corrected chi connectivity index (χ3v) is 4.50. The van der Waals surface area contributed by atoms with Crippen molar-refractivity contribution in [1.29, 1.82) is 0 Å². The maximum Gasteiger partial charge on any atom is 0.328 e. The van der Waals surface area contributed by atoms with E-state index in [2.05, 4.69) is 5.32 Å². The molecule has 5 nitrogen and oxygen atoms in total. The first-order valence-electron chi connectivity index (χ1n) is 7.94. The first-order valence-corrected chi connectivity index (χ1v) is 7.94. The van der Waals surface area contributed by atoms with Gasteiger partial charge in [0, 0.05) is 17.5 Å². The molecule has 1 aliphatic carbocycles. The summed E-state index contributed by atoms with van der Waals surface area (Å²) in [6.07, 6.45) is 1.75. The van der Waals surface area contributed by atoms with E-state index < -0.39 is 12.0 Å². The predicted octanol–water partition coefficient (Wildman–Crippen LogP) is 2.44. The van der Waals surface area contributed by atoms with Crippen LogP contribution in [0, 0.1) is 12.8 Å². The molecule has 0 fully saturated rings. The lowest BCUT2D eigenvalue weighted by atomic mass is 9.96. The van der Waals surface area contributed by atoms with Crippen LogP contribution in [-0.2, 0) is 16.0 Å². The molecule has 0 saturated carbocycles. The number of benzene rings is 1. The molecule has 0 bridgehead atoms. The maximum absolute atomic E-state index is 12.7.